The highest BCUT2D eigenvalue weighted by Gasteiger charge is 2.37. The Morgan fingerprint density at radius 1 is 1.06 bits per heavy atom. The van der Waals surface area contributed by atoms with Crippen molar-refractivity contribution in [2.75, 3.05) is 6.61 Å². The fraction of sp³-hybridized carbons (Fsp3) is 0.625. The largest absolute Gasteiger partial charge is 0.434 e. The van der Waals surface area contributed by atoms with Crippen LogP contribution in [0, 0.1) is 0 Å². The topological polar surface area (TPSA) is 45.5 Å². The number of ether oxygens (including phenoxy) is 2. The van der Waals surface area contributed by atoms with E-state index in [0.29, 0.717) is 18.7 Å². The number of nitrogens with zero attached hydrogens (tertiary/aromatic N) is 2. The van der Waals surface area contributed by atoms with Crippen molar-refractivity contribution in [1.29, 1.82) is 0 Å². The molecule has 0 radical (unpaired) electrons. The Morgan fingerprint density at radius 3 is 2.36 bits per heavy atom. The molecule has 0 aliphatic heterocycles. The van der Waals surface area contributed by atoms with Gasteiger partial charge in [-0.05, 0) is 47.4 Å². The smallest absolute Gasteiger partial charge is 0.387 e. The zero-order chi connectivity index (χ0) is 24.9. The van der Waals surface area contributed by atoms with Gasteiger partial charge in [-0.2, -0.15) is 13.9 Å². The van der Waals surface area contributed by atoms with Crippen molar-refractivity contribution in [3.8, 4) is 5.75 Å². The summed E-state index contributed by atoms with van der Waals surface area (Å²) in [6.07, 6.45) is 4.41. The van der Waals surface area contributed by atoms with Crippen LogP contribution in [0.25, 0.3) is 0 Å². The summed E-state index contributed by atoms with van der Waals surface area (Å²) < 4.78 is 44.4. The zero-order valence-electron chi connectivity index (χ0n) is 21.4. The van der Waals surface area contributed by atoms with Gasteiger partial charge < -0.3 is 13.9 Å². The second-order valence-corrected chi connectivity index (χ2v) is 21.7. The van der Waals surface area contributed by atoms with Gasteiger partial charge in [0.15, 0.2) is 8.32 Å². The Balaban J connectivity index is 2.07. The van der Waals surface area contributed by atoms with E-state index in [0.717, 1.165) is 23.8 Å². The van der Waals surface area contributed by atoms with Crippen LogP contribution in [0.2, 0.25) is 43.8 Å². The van der Waals surface area contributed by atoms with E-state index in [-0.39, 0.29) is 17.4 Å². The van der Waals surface area contributed by atoms with Crippen molar-refractivity contribution in [2.45, 2.75) is 91.0 Å². The Bertz CT molecular complexity index is 891. The quantitative estimate of drug-likeness (QED) is 0.236. The molecule has 1 aromatic carbocycles. The van der Waals surface area contributed by atoms with Crippen molar-refractivity contribution in [3.63, 3.8) is 0 Å². The number of hydrogen-bond acceptors (Lipinski definition) is 4. The maximum absolute atomic E-state index is 12.9. The molecule has 1 heterocycles. The van der Waals surface area contributed by atoms with Crippen molar-refractivity contribution < 1.29 is 22.7 Å². The highest BCUT2D eigenvalue weighted by molar-refractivity contribution is 6.76. The SMILES string of the molecule is CC(C)(C)[Si](C)(C)OCc1cc(Cc2cnn(COCC[Si](C)(C)C)c2)ccc1OC(F)F. The molecule has 5 nitrogen and oxygen atoms in total. The predicted molar refractivity (Wildman–Crippen MR) is 134 cm³/mol. The first-order valence-corrected chi connectivity index (χ1v) is 18.1. The first-order valence-electron chi connectivity index (χ1n) is 11.5. The molecular weight excluding hydrogens is 458 g/mol. The molecule has 0 amide bonds. The highest BCUT2D eigenvalue weighted by atomic mass is 28.4. The lowest BCUT2D eigenvalue weighted by atomic mass is 10.0. The minimum Gasteiger partial charge on any atom is -0.434 e. The van der Waals surface area contributed by atoms with E-state index >= 15 is 0 Å². The van der Waals surface area contributed by atoms with Crippen LogP contribution < -0.4 is 4.74 Å². The van der Waals surface area contributed by atoms with E-state index in [9.17, 15) is 8.78 Å². The Morgan fingerprint density at radius 2 is 1.76 bits per heavy atom. The average molecular weight is 499 g/mol. The molecule has 2 rings (SSSR count). The molecule has 0 saturated carbocycles. The lowest BCUT2D eigenvalue weighted by Gasteiger charge is -2.36. The van der Waals surface area contributed by atoms with E-state index in [1.807, 2.05) is 24.5 Å². The van der Waals surface area contributed by atoms with E-state index in [1.54, 1.807) is 10.7 Å². The second kappa shape index (κ2) is 11.2. The van der Waals surface area contributed by atoms with Crippen LogP contribution in [0.5, 0.6) is 5.75 Å². The second-order valence-electron chi connectivity index (χ2n) is 11.3. The summed E-state index contributed by atoms with van der Waals surface area (Å²) in [6.45, 7) is 16.3. The molecule has 0 unspecified atom stereocenters. The van der Waals surface area contributed by atoms with Crippen molar-refractivity contribution in [3.05, 3.63) is 47.3 Å². The fourth-order valence-electron chi connectivity index (χ4n) is 2.88. The molecule has 0 aliphatic rings. The minimum atomic E-state index is -2.87. The highest BCUT2D eigenvalue weighted by Crippen LogP contribution is 2.38. The normalized spacial score (nSPS) is 13.1. The Kier molecular flexibility index (Phi) is 9.44. The molecule has 2 aromatic rings. The summed E-state index contributed by atoms with van der Waals surface area (Å²) in [6, 6.07) is 6.44. The van der Waals surface area contributed by atoms with Gasteiger partial charge in [0.05, 0.1) is 12.8 Å². The lowest BCUT2D eigenvalue weighted by Crippen LogP contribution is -2.40. The van der Waals surface area contributed by atoms with E-state index in [4.69, 9.17) is 13.9 Å². The van der Waals surface area contributed by atoms with Gasteiger partial charge in [-0.25, -0.2) is 4.68 Å². The van der Waals surface area contributed by atoms with Crippen LogP contribution in [-0.2, 0) is 28.9 Å². The number of aromatic nitrogens is 2. The van der Waals surface area contributed by atoms with Crippen LogP contribution in [0.15, 0.2) is 30.6 Å². The zero-order valence-corrected chi connectivity index (χ0v) is 23.4. The Hall–Kier alpha value is -1.56. The van der Waals surface area contributed by atoms with Gasteiger partial charge >= 0.3 is 6.61 Å². The Labute approximate surface area is 199 Å². The van der Waals surface area contributed by atoms with Gasteiger partial charge in [0.25, 0.3) is 0 Å². The van der Waals surface area contributed by atoms with Crippen LogP contribution in [-0.4, -0.2) is 39.4 Å². The molecule has 0 saturated heterocycles. The molecule has 0 atom stereocenters. The van der Waals surface area contributed by atoms with Crippen LogP contribution in [0.1, 0.15) is 37.5 Å². The summed E-state index contributed by atoms with van der Waals surface area (Å²) in [5.41, 5.74) is 2.66. The average Bonchev–Trinajstić information content (AvgIpc) is 3.10. The first-order chi connectivity index (χ1) is 15.2. The molecule has 186 valence electrons. The van der Waals surface area contributed by atoms with E-state index < -0.39 is 23.0 Å². The molecular formula is C24H40F2N2O3Si2. The molecule has 0 aliphatic carbocycles. The standard InChI is InChI=1S/C24H40F2N2O3Si2/c1-24(2,3)33(7,8)30-17-21-14-19(9-10-22(21)31-23(25)26)13-20-15-27-28(16-20)18-29-11-12-32(4,5)6/h9-10,14-16,23H,11-13,17-18H2,1-8H3. The molecule has 0 fully saturated rings. The summed E-state index contributed by atoms with van der Waals surface area (Å²) in [7, 11) is -3.15. The van der Waals surface area contributed by atoms with Crippen molar-refractivity contribution >= 4 is 16.4 Å². The number of rotatable bonds is 12. The maximum atomic E-state index is 12.9. The minimum absolute atomic E-state index is 0.0278. The van der Waals surface area contributed by atoms with Gasteiger partial charge in [0, 0.05) is 32.9 Å². The number of alkyl halides is 2. The summed E-state index contributed by atoms with van der Waals surface area (Å²) in [5.74, 6) is 0.166. The van der Waals surface area contributed by atoms with E-state index in [1.165, 1.54) is 0 Å². The van der Waals surface area contributed by atoms with Crippen LogP contribution in [0.4, 0.5) is 8.78 Å². The number of halogens is 2. The van der Waals surface area contributed by atoms with E-state index in [2.05, 4.69) is 58.6 Å². The molecule has 9 heteroatoms. The van der Waals surface area contributed by atoms with Crippen molar-refractivity contribution in [2.24, 2.45) is 0 Å². The lowest BCUT2D eigenvalue weighted by molar-refractivity contribution is -0.0509. The third-order valence-electron chi connectivity index (χ3n) is 6.05. The molecule has 0 bridgehead atoms. The van der Waals surface area contributed by atoms with Gasteiger partial charge in [-0.15, -0.1) is 0 Å². The monoisotopic (exact) mass is 498 g/mol. The first kappa shape index (κ1) is 27.7. The summed E-state index contributed by atoms with van der Waals surface area (Å²) >= 11 is 0. The van der Waals surface area contributed by atoms with Gasteiger partial charge in [0.2, 0.25) is 0 Å². The van der Waals surface area contributed by atoms with Gasteiger partial charge in [0.1, 0.15) is 12.5 Å². The van der Waals surface area contributed by atoms with Crippen molar-refractivity contribution in [1.82, 2.24) is 9.78 Å². The molecule has 0 spiro atoms. The third kappa shape index (κ3) is 9.31. The summed E-state index contributed by atoms with van der Waals surface area (Å²) in [5, 5.41) is 4.41. The maximum Gasteiger partial charge on any atom is 0.387 e. The molecule has 33 heavy (non-hydrogen) atoms. The fourth-order valence-corrected chi connectivity index (χ4v) is 4.59. The molecule has 0 N–H and O–H groups in total. The summed E-state index contributed by atoms with van der Waals surface area (Å²) in [4.78, 5) is 0. The molecule has 1 aromatic heterocycles. The number of hydrogen-bond donors (Lipinski definition) is 0. The third-order valence-corrected chi connectivity index (χ3v) is 12.2. The van der Waals surface area contributed by atoms with Crippen LogP contribution >= 0.6 is 0 Å². The number of benzene rings is 1. The van der Waals surface area contributed by atoms with Gasteiger partial charge in [-0.3, -0.25) is 0 Å². The predicted octanol–water partition coefficient (Wildman–Crippen LogP) is 6.91. The van der Waals surface area contributed by atoms with Crippen LogP contribution in [0.3, 0.4) is 0 Å². The van der Waals surface area contributed by atoms with Gasteiger partial charge in [-0.1, -0.05) is 46.5 Å².